The summed E-state index contributed by atoms with van der Waals surface area (Å²) in [6.45, 7) is 4.55. The van der Waals surface area contributed by atoms with Crippen LogP contribution < -0.4 is 10.1 Å². The molecule has 5 heteroatoms. The second kappa shape index (κ2) is 7.45. The first-order valence-electron chi connectivity index (χ1n) is 8.11. The Kier molecular flexibility index (Phi) is 5.11. The zero-order valence-corrected chi connectivity index (χ0v) is 14.6. The van der Waals surface area contributed by atoms with E-state index in [1.54, 1.807) is 0 Å². The molecule has 2 aromatic carbocycles. The molecule has 0 spiro atoms. The normalized spacial score (nSPS) is 12.1. The SMILES string of the molecule is CCOc1cccc2sc(NC(CC)C(=O)c3ccccc3)nc12. The molecule has 0 saturated carbocycles. The number of ether oxygens (including phenoxy) is 1. The first-order valence-corrected chi connectivity index (χ1v) is 8.92. The number of carbonyl (C=O) groups excluding carboxylic acids is 1. The largest absolute Gasteiger partial charge is 0.492 e. The minimum absolute atomic E-state index is 0.0855. The van der Waals surface area contributed by atoms with Gasteiger partial charge in [0.25, 0.3) is 0 Å². The van der Waals surface area contributed by atoms with Gasteiger partial charge in [0.2, 0.25) is 0 Å². The third-order valence-electron chi connectivity index (χ3n) is 3.76. The highest BCUT2D eigenvalue weighted by atomic mass is 32.1. The lowest BCUT2D eigenvalue weighted by atomic mass is 10.0. The van der Waals surface area contributed by atoms with Crippen LogP contribution >= 0.6 is 11.3 Å². The number of hydrogen-bond donors (Lipinski definition) is 1. The fraction of sp³-hybridized carbons (Fsp3) is 0.263. The van der Waals surface area contributed by atoms with Crippen LogP contribution in [0.1, 0.15) is 30.6 Å². The van der Waals surface area contributed by atoms with Crippen LogP contribution in [0.4, 0.5) is 5.13 Å². The van der Waals surface area contributed by atoms with Crippen molar-refractivity contribution in [1.82, 2.24) is 4.98 Å². The zero-order chi connectivity index (χ0) is 16.9. The number of aromatic nitrogens is 1. The van der Waals surface area contributed by atoms with E-state index >= 15 is 0 Å². The van der Waals surface area contributed by atoms with Crippen molar-refractivity contribution in [3.63, 3.8) is 0 Å². The van der Waals surface area contributed by atoms with Crippen LogP contribution in [-0.2, 0) is 0 Å². The van der Waals surface area contributed by atoms with Gasteiger partial charge in [-0.2, -0.15) is 0 Å². The van der Waals surface area contributed by atoms with Crippen LogP contribution in [0.25, 0.3) is 10.2 Å². The van der Waals surface area contributed by atoms with Crippen LogP contribution in [0.2, 0.25) is 0 Å². The Balaban J connectivity index is 1.85. The summed E-state index contributed by atoms with van der Waals surface area (Å²) in [5.74, 6) is 0.865. The quantitative estimate of drug-likeness (QED) is 0.630. The van der Waals surface area contributed by atoms with Crippen molar-refractivity contribution in [2.45, 2.75) is 26.3 Å². The smallest absolute Gasteiger partial charge is 0.185 e. The van der Waals surface area contributed by atoms with E-state index in [-0.39, 0.29) is 11.8 Å². The average molecular weight is 340 g/mol. The molecule has 0 radical (unpaired) electrons. The molecule has 0 amide bonds. The second-order valence-electron chi connectivity index (χ2n) is 5.39. The molecular formula is C19H20N2O2S. The van der Waals surface area contributed by atoms with Gasteiger partial charge in [-0.15, -0.1) is 0 Å². The lowest BCUT2D eigenvalue weighted by Gasteiger charge is -2.14. The molecule has 1 atom stereocenters. The van der Waals surface area contributed by atoms with Gasteiger partial charge in [-0.1, -0.05) is 54.7 Å². The molecule has 124 valence electrons. The molecular weight excluding hydrogens is 320 g/mol. The zero-order valence-electron chi connectivity index (χ0n) is 13.8. The topological polar surface area (TPSA) is 51.2 Å². The molecule has 0 bridgehead atoms. The Hall–Kier alpha value is -2.40. The number of fused-ring (bicyclic) bond motifs is 1. The molecule has 0 fully saturated rings. The fourth-order valence-electron chi connectivity index (χ4n) is 2.56. The van der Waals surface area contributed by atoms with E-state index in [0.29, 0.717) is 18.6 Å². The number of rotatable bonds is 7. The van der Waals surface area contributed by atoms with E-state index in [4.69, 9.17) is 4.74 Å². The van der Waals surface area contributed by atoms with Crippen molar-refractivity contribution in [3.05, 3.63) is 54.1 Å². The van der Waals surface area contributed by atoms with Gasteiger partial charge < -0.3 is 10.1 Å². The van der Waals surface area contributed by atoms with Gasteiger partial charge >= 0.3 is 0 Å². The highest BCUT2D eigenvalue weighted by molar-refractivity contribution is 7.22. The molecule has 24 heavy (non-hydrogen) atoms. The molecule has 1 N–H and O–H groups in total. The summed E-state index contributed by atoms with van der Waals surface area (Å²) in [4.78, 5) is 17.3. The van der Waals surface area contributed by atoms with Crippen molar-refractivity contribution < 1.29 is 9.53 Å². The van der Waals surface area contributed by atoms with Gasteiger partial charge in [0, 0.05) is 5.56 Å². The first-order chi connectivity index (χ1) is 11.7. The van der Waals surface area contributed by atoms with Crippen molar-refractivity contribution in [2.24, 2.45) is 0 Å². The molecule has 3 aromatic rings. The lowest BCUT2D eigenvalue weighted by Crippen LogP contribution is -2.28. The summed E-state index contributed by atoms with van der Waals surface area (Å²) >= 11 is 1.54. The number of anilines is 1. The van der Waals surface area contributed by atoms with E-state index < -0.39 is 0 Å². The Morgan fingerprint density at radius 3 is 2.67 bits per heavy atom. The number of carbonyl (C=O) groups is 1. The van der Waals surface area contributed by atoms with E-state index in [0.717, 1.165) is 21.1 Å². The number of Topliss-reactive ketones (excluding diaryl/α,β-unsaturated/α-hetero) is 1. The third kappa shape index (κ3) is 3.41. The Morgan fingerprint density at radius 1 is 1.17 bits per heavy atom. The highest BCUT2D eigenvalue weighted by Crippen LogP contribution is 2.32. The first kappa shape index (κ1) is 16.5. The Morgan fingerprint density at radius 2 is 1.96 bits per heavy atom. The van der Waals surface area contributed by atoms with E-state index in [9.17, 15) is 4.79 Å². The fourth-order valence-corrected chi connectivity index (χ4v) is 3.50. The van der Waals surface area contributed by atoms with Crippen molar-refractivity contribution in [2.75, 3.05) is 11.9 Å². The Labute approximate surface area is 145 Å². The van der Waals surface area contributed by atoms with Crippen LogP contribution in [0.5, 0.6) is 5.75 Å². The molecule has 1 heterocycles. The number of thiazole rings is 1. The monoisotopic (exact) mass is 340 g/mol. The maximum Gasteiger partial charge on any atom is 0.185 e. The average Bonchev–Trinajstić information content (AvgIpc) is 3.04. The number of para-hydroxylation sites is 1. The molecule has 0 aliphatic rings. The summed E-state index contributed by atoms with van der Waals surface area (Å²) in [5.41, 5.74) is 1.56. The summed E-state index contributed by atoms with van der Waals surface area (Å²) in [7, 11) is 0. The van der Waals surface area contributed by atoms with E-state index in [2.05, 4.69) is 10.3 Å². The van der Waals surface area contributed by atoms with Gasteiger partial charge in [0.1, 0.15) is 11.3 Å². The second-order valence-corrected chi connectivity index (χ2v) is 6.42. The minimum atomic E-state index is -0.288. The lowest BCUT2D eigenvalue weighted by molar-refractivity contribution is 0.0968. The minimum Gasteiger partial charge on any atom is -0.492 e. The number of nitrogens with one attached hydrogen (secondary N) is 1. The van der Waals surface area contributed by atoms with E-state index in [1.165, 1.54) is 11.3 Å². The molecule has 0 saturated heterocycles. The van der Waals surface area contributed by atoms with Gasteiger partial charge in [-0.05, 0) is 25.5 Å². The predicted octanol–water partition coefficient (Wildman–Crippen LogP) is 4.77. The number of hydrogen-bond acceptors (Lipinski definition) is 5. The van der Waals surface area contributed by atoms with Crippen LogP contribution in [-0.4, -0.2) is 23.4 Å². The van der Waals surface area contributed by atoms with Crippen molar-refractivity contribution in [1.29, 1.82) is 0 Å². The van der Waals surface area contributed by atoms with Gasteiger partial charge in [0.15, 0.2) is 10.9 Å². The summed E-state index contributed by atoms with van der Waals surface area (Å²) in [6.07, 6.45) is 0.696. The third-order valence-corrected chi connectivity index (χ3v) is 4.71. The number of benzene rings is 2. The number of ketones is 1. The molecule has 3 rings (SSSR count). The summed E-state index contributed by atoms with van der Waals surface area (Å²) in [5, 5.41) is 4.03. The molecule has 4 nitrogen and oxygen atoms in total. The molecule has 1 aromatic heterocycles. The van der Waals surface area contributed by atoms with Crippen molar-refractivity contribution >= 4 is 32.5 Å². The summed E-state index contributed by atoms with van der Waals surface area (Å²) in [6, 6.07) is 15.0. The van der Waals surface area contributed by atoms with Crippen LogP contribution in [0.15, 0.2) is 48.5 Å². The standard InChI is InChI=1S/C19H20N2O2S/c1-3-14(18(22)13-9-6-5-7-10-13)20-19-21-17-15(23-4-2)11-8-12-16(17)24-19/h5-12,14H,3-4H2,1-2H3,(H,20,21). The summed E-state index contributed by atoms with van der Waals surface area (Å²) < 4.78 is 6.68. The van der Waals surface area contributed by atoms with Gasteiger partial charge in [-0.3, -0.25) is 4.79 Å². The van der Waals surface area contributed by atoms with Crippen LogP contribution in [0, 0.1) is 0 Å². The van der Waals surface area contributed by atoms with Crippen LogP contribution in [0.3, 0.4) is 0 Å². The molecule has 1 unspecified atom stereocenters. The number of nitrogens with zero attached hydrogens (tertiary/aromatic N) is 1. The Bertz CT molecular complexity index is 830. The molecule has 0 aliphatic heterocycles. The highest BCUT2D eigenvalue weighted by Gasteiger charge is 2.20. The molecule has 0 aliphatic carbocycles. The maximum atomic E-state index is 12.7. The van der Waals surface area contributed by atoms with Gasteiger partial charge in [0.05, 0.1) is 17.3 Å². The van der Waals surface area contributed by atoms with Crippen molar-refractivity contribution in [3.8, 4) is 5.75 Å². The predicted molar refractivity (Wildman–Crippen MR) is 99.3 cm³/mol. The van der Waals surface area contributed by atoms with Gasteiger partial charge in [-0.25, -0.2) is 4.98 Å². The van der Waals surface area contributed by atoms with E-state index in [1.807, 2.05) is 62.4 Å². The maximum absolute atomic E-state index is 12.7.